The largest absolute Gasteiger partial charge is 0.325 e. The molecule has 7 heteroatoms. The van der Waals surface area contributed by atoms with Crippen molar-refractivity contribution in [2.24, 2.45) is 0 Å². The predicted octanol–water partition coefficient (Wildman–Crippen LogP) is 5.71. The van der Waals surface area contributed by atoms with Gasteiger partial charge in [-0.1, -0.05) is 53.7 Å². The van der Waals surface area contributed by atoms with E-state index in [0.29, 0.717) is 5.02 Å². The number of aromatic nitrogens is 3. The minimum Gasteiger partial charge on any atom is -0.325 e. The number of fused-ring (bicyclic) bond motifs is 1. The zero-order valence-electron chi connectivity index (χ0n) is 16.9. The van der Waals surface area contributed by atoms with E-state index in [1.807, 2.05) is 79.9 Å². The van der Waals surface area contributed by atoms with Crippen molar-refractivity contribution >= 4 is 40.6 Å². The van der Waals surface area contributed by atoms with E-state index >= 15 is 0 Å². The maximum Gasteiger partial charge on any atom is 0.234 e. The monoisotopic (exact) mass is 436 g/mol. The summed E-state index contributed by atoms with van der Waals surface area (Å²) in [6, 6.07) is 17.4. The number of benzene rings is 2. The van der Waals surface area contributed by atoms with Gasteiger partial charge in [-0.2, -0.15) is 5.10 Å². The second kappa shape index (κ2) is 8.50. The Morgan fingerprint density at radius 1 is 1.10 bits per heavy atom. The Morgan fingerprint density at radius 3 is 2.57 bits per heavy atom. The molecule has 1 N–H and O–H groups in total. The van der Waals surface area contributed by atoms with Gasteiger partial charge in [0, 0.05) is 22.0 Å². The van der Waals surface area contributed by atoms with Crippen LogP contribution in [0.2, 0.25) is 5.02 Å². The molecule has 0 unspecified atom stereocenters. The van der Waals surface area contributed by atoms with Crippen LogP contribution in [0.3, 0.4) is 0 Å². The average molecular weight is 437 g/mol. The van der Waals surface area contributed by atoms with Gasteiger partial charge in [-0.25, -0.2) is 9.50 Å². The summed E-state index contributed by atoms with van der Waals surface area (Å²) in [6.45, 7) is 5.89. The molecule has 0 aliphatic rings. The fourth-order valence-electron chi connectivity index (χ4n) is 3.31. The van der Waals surface area contributed by atoms with Crippen LogP contribution in [-0.4, -0.2) is 26.3 Å². The number of halogens is 1. The summed E-state index contributed by atoms with van der Waals surface area (Å²) < 4.78 is 1.82. The average Bonchev–Trinajstić information content (AvgIpc) is 3.04. The van der Waals surface area contributed by atoms with E-state index in [4.69, 9.17) is 21.7 Å². The molecule has 0 fully saturated rings. The summed E-state index contributed by atoms with van der Waals surface area (Å²) in [6.07, 6.45) is 0. The molecule has 0 saturated heterocycles. The lowest BCUT2D eigenvalue weighted by molar-refractivity contribution is -0.113. The second-order valence-electron chi connectivity index (χ2n) is 7.09. The molecule has 0 atom stereocenters. The van der Waals surface area contributed by atoms with Gasteiger partial charge in [0.15, 0.2) is 5.65 Å². The molecular weight excluding hydrogens is 416 g/mol. The van der Waals surface area contributed by atoms with Crippen molar-refractivity contribution in [1.82, 2.24) is 14.6 Å². The first-order chi connectivity index (χ1) is 14.4. The zero-order chi connectivity index (χ0) is 21.3. The van der Waals surface area contributed by atoms with Gasteiger partial charge >= 0.3 is 0 Å². The molecule has 0 bridgehead atoms. The molecule has 0 aliphatic carbocycles. The first-order valence-electron chi connectivity index (χ1n) is 9.53. The van der Waals surface area contributed by atoms with Gasteiger partial charge in [0.1, 0.15) is 5.03 Å². The first-order valence-corrected chi connectivity index (χ1v) is 10.9. The van der Waals surface area contributed by atoms with Crippen molar-refractivity contribution in [3.8, 4) is 11.1 Å². The fourth-order valence-corrected chi connectivity index (χ4v) is 4.29. The highest BCUT2D eigenvalue weighted by Gasteiger charge is 2.17. The Morgan fingerprint density at radius 2 is 1.83 bits per heavy atom. The maximum atomic E-state index is 12.5. The number of aryl methyl sites for hydroxylation is 3. The molecule has 0 saturated carbocycles. The van der Waals surface area contributed by atoms with Crippen molar-refractivity contribution in [3.63, 3.8) is 0 Å². The van der Waals surface area contributed by atoms with Crippen LogP contribution in [0.4, 0.5) is 5.69 Å². The molecule has 2 heterocycles. The molecule has 2 aromatic heterocycles. The number of nitrogens with zero attached hydrogens (tertiary/aromatic N) is 3. The summed E-state index contributed by atoms with van der Waals surface area (Å²) in [4.78, 5) is 17.2. The molecule has 4 aromatic rings. The van der Waals surface area contributed by atoms with Gasteiger partial charge in [-0.15, -0.1) is 0 Å². The number of carbonyl (C=O) groups is 1. The van der Waals surface area contributed by atoms with Gasteiger partial charge in [-0.05, 0) is 56.2 Å². The molecule has 0 radical (unpaired) electrons. The van der Waals surface area contributed by atoms with E-state index in [1.165, 1.54) is 11.8 Å². The minimum atomic E-state index is -0.0567. The molecule has 4 rings (SSSR count). The topological polar surface area (TPSA) is 59.3 Å². The Hall–Kier alpha value is -2.83. The number of hydrogen-bond donors (Lipinski definition) is 1. The second-order valence-corrected chi connectivity index (χ2v) is 8.52. The van der Waals surface area contributed by atoms with Crippen LogP contribution in [-0.2, 0) is 4.79 Å². The van der Waals surface area contributed by atoms with Gasteiger partial charge in [0.05, 0.1) is 11.4 Å². The molecule has 5 nitrogen and oxygen atoms in total. The highest BCUT2D eigenvalue weighted by molar-refractivity contribution is 7.99. The van der Waals surface area contributed by atoms with Gasteiger partial charge in [0.25, 0.3) is 0 Å². The number of amides is 1. The van der Waals surface area contributed by atoms with Crippen LogP contribution in [0.25, 0.3) is 16.8 Å². The predicted molar refractivity (Wildman–Crippen MR) is 123 cm³/mol. The lowest BCUT2D eigenvalue weighted by Crippen LogP contribution is -2.15. The zero-order valence-corrected chi connectivity index (χ0v) is 18.5. The lowest BCUT2D eigenvalue weighted by atomic mass is 10.1. The summed E-state index contributed by atoms with van der Waals surface area (Å²) in [5, 5.41) is 9.23. The van der Waals surface area contributed by atoms with Gasteiger partial charge in [0.2, 0.25) is 5.91 Å². The standard InChI is InChI=1S/C23H21ClN4OS/c1-14-6-4-5-7-19(14)26-20(29)13-30-21-12-15(2)25-23-22(16(3)27-28(21)23)17-8-10-18(24)11-9-17/h4-12H,13H2,1-3H3,(H,26,29). The Labute approximate surface area is 184 Å². The first kappa shape index (κ1) is 20.4. The SMILES string of the molecule is Cc1cc(SCC(=O)Nc2ccccc2C)n2nc(C)c(-c3ccc(Cl)cc3)c2n1. The summed E-state index contributed by atoms with van der Waals surface area (Å²) >= 11 is 7.49. The van der Waals surface area contributed by atoms with Gasteiger partial charge < -0.3 is 5.32 Å². The molecule has 30 heavy (non-hydrogen) atoms. The number of thioether (sulfide) groups is 1. The smallest absolute Gasteiger partial charge is 0.234 e. The van der Waals surface area contributed by atoms with Crippen molar-refractivity contribution in [2.75, 3.05) is 11.1 Å². The van der Waals surface area contributed by atoms with Crippen molar-refractivity contribution in [2.45, 2.75) is 25.8 Å². The molecule has 152 valence electrons. The lowest BCUT2D eigenvalue weighted by Gasteiger charge is -2.09. The highest BCUT2D eigenvalue weighted by atomic mass is 35.5. The van der Waals surface area contributed by atoms with Crippen LogP contribution < -0.4 is 5.32 Å². The number of carbonyl (C=O) groups excluding carboxylic acids is 1. The third kappa shape index (κ3) is 4.20. The molecule has 2 aromatic carbocycles. The van der Waals surface area contributed by atoms with Crippen molar-refractivity contribution in [1.29, 1.82) is 0 Å². The molecule has 0 spiro atoms. The van der Waals surface area contributed by atoms with Gasteiger partial charge in [-0.3, -0.25) is 4.79 Å². The fraction of sp³-hybridized carbons (Fsp3) is 0.174. The maximum absolute atomic E-state index is 12.5. The summed E-state index contributed by atoms with van der Waals surface area (Å²) in [5.74, 6) is 0.223. The highest BCUT2D eigenvalue weighted by Crippen LogP contribution is 2.31. The van der Waals surface area contributed by atoms with E-state index in [2.05, 4.69) is 5.32 Å². The third-order valence-corrected chi connectivity index (χ3v) is 6.01. The van der Waals surface area contributed by atoms with Crippen LogP contribution in [0, 0.1) is 20.8 Å². The number of nitrogens with one attached hydrogen (secondary N) is 1. The van der Waals surface area contributed by atoms with E-state index < -0.39 is 0 Å². The summed E-state index contributed by atoms with van der Waals surface area (Å²) in [7, 11) is 0. The van der Waals surface area contributed by atoms with Crippen LogP contribution in [0.5, 0.6) is 0 Å². The minimum absolute atomic E-state index is 0.0567. The number of hydrogen-bond acceptors (Lipinski definition) is 4. The number of rotatable bonds is 5. The van der Waals surface area contributed by atoms with Crippen LogP contribution >= 0.6 is 23.4 Å². The normalized spacial score (nSPS) is 11.1. The Balaban J connectivity index is 1.62. The molecule has 0 aliphatic heterocycles. The van der Waals surface area contributed by atoms with Crippen molar-refractivity contribution in [3.05, 3.63) is 76.6 Å². The van der Waals surface area contributed by atoms with Crippen LogP contribution in [0.1, 0.15) is 17.0 Å². The van der Waals surface area contributed by atoms with E-state index in [-0.39, 0.29) is 11.7 Å². The Bertz CT molecular complexity index is 1230. The van der Waals surface area contributed by atoms with E-state index in [1.54, 1.807) is 0 Å². The number of para-hydroxylation sites is 1. The van der Waals surface area contributed by atoms with E-state index in [0.717, 1.165) is 44.4 Å². The number of anilines is 1. The molecule has 1 amide bonds. The quantitative estimate of drug-likeness (QED) is 0.321. The van der Waals surface area contributed by atoms with E-state index in [9.17, 15) is 4.79 Å². The third-order valence-electron chi connectivity index (χ3n) is 4.76. The Kier molecular flexibility index (Phi) is 5.79. The molecular formula is C23H21ClN4OS. The summed E-state index contributed by atoms with van der Waals surface area (Å²) in [5.41, 5.74) is 6.38. The van der Waals surface area contributed by atoms with Crippen molar-refractivity contribution < 1.29 is 4.79 Å². The van der Waals surface area contributed by atoms with Crippen LogP contribution in [0.15, 0.2) is 59.6 Å².